The summed E-state index contributed by atoms with van der Waals surface area (Å²) >= 11 is 0. The van der Waals surface area contributed by atoms with Crippen LogP contribution in [0.5, 0.6) is 0 Å². The number of nitrogens with zero attached hydrogens (tertiary/aromatic N) is 1. The molecule has 0 saturated heterocycles. The lowest BCUT2D eigenvalue weighted by molar-refractivity contribution is 0.484. The molecule has 0 aliphatic rings. The number of hydrogen-bond donors (Lipinski definition) is 1. The summed E-state index contributed by atoms with van der Waals surface area (Å²) in [5.41, 5.74) is 2.31. The van der Waals surface area contributed by atoms with Crippen LogP contribution < -0.4 is 5.32 Å². The molecule has 2 nitrogen and oxygen atoms in total. The zero-order chi connectivity index (χ0) is 11.4. The third-order valence-electron chi connectivity index (χ3n) is 3.11. The molecular weight excluding hydrogens is 196 g/mol. The van der Waals surface area contributed by atoms with E-state index in [0.29, 0.717) is 0 Å². The number of hydrogen-bond acceptors (Lipinski definition) is 2. The Bertz CT molecular complexity index is 397. The summed E-state index contributed by atoms with van der Waals surface area (Å²) in [6, 6.07) is 14.5. The maximum Gasteiger partial charge on any atom is 0.0660 e. The standard InChI is InChI=1S/C14H16N2/c1-14(15-2,12-6-4-3-5-7-12)13-8-10-16-11-9-13/h3-11,15H,1-2H3/t14-/m0/s1. The van der Waals surface area contributed by atoms with Crippen molar-refractivity contribution in [3.8, 4) is 0 Å². The number of rotatable bonds is 3. The van der Waals surface area contributed by atoms with Crippen molar-refractivity contribution in [2.45, 2.75) is 12.5 Å². The molecule has 1 N–H and O–H groups in total. The Labute approximate surface area is 96.4 Å². The van der Waals surface area contributed by atoms with Crippen molar-refractivity contribution in [3.05, 3.63) is 66.0 Å². The summed E-state index contributed by atoms with van der Waals surface area (Å²) in [4.78, 5) is 4.06. The van der Waals surface area contributed by atoms with Gasteiger partial charge in [0.2, 0.25) is 0 Å². The lowest BCUT2D eigenvalue weighted by atomic mass is 9.85. The molecule has 2 rings (SSSR count). The fourth-order valence-electron chi connectivity index (χ4n) is 1.91. The Morgan fingerprint density at radius 1 is 0.938 bits per heavy atom. The zero-order valence-corrected chi connectivity index (χ0v) is 9.64. The first kappa shape index (κ1) is 10.8. The van der Waals surface area contributed by atoms with E-state index in [9.17, 15) is 0 Å². The summed E-state index contributed by atoms with van der Waals surface area (Å²) in [5.74, 6) is 0. The zero-order valence-electron chi connectivity index (χ0n) is 9.64. The number of nitrogens with one attached hydrogen (secondary N) is 1. The first-order chi connectivity index (χ1) is 7.77. The molecule has 1 aromatic heterocycles. The van der Waals surface area contributed by atoms with E-state index in [2.05, 4.69) is 41.5 Å². The van der Waals surface area contributed by atoms with Crippen molar-refractivity contribution in [3.63, 3.8) is 0 Å². The highest BCUT2D eigenvalue weighted by atomic mass is 14.9. The fraction of sp³-hybridized carbons (Fsp3) is 0.214. The van der Waals surface area contributed by atoms with E-state index < -0.39 is 0 Å². The maximum atomic E-state index is 4.06. The minimum atomic E-state index is -0.163. The van der Waals surface area contributed by atoms with Gasteiger partial charge in [-0.2, -0.15) is 0 Å². The SMILES string of the molecule is CN[C@@](C)(c1ccccc1)c1ccncc1. The summed E-state index contributed by atoms with van der Waals surface area (Å²) in [7, 11) is 1.98. The van der Waals surface area contributed by atoms with Gasteiger partial charge in [-0.05, 0) is 37.2 Å². The van der Waals surface area contributed by atoms with Gasteiger partial charge in [0.05, 0.1) is 5.54 Å². The summed E-state index contributed by atoms with van der Waals surface area (Å²) < 4.78 is 0. The van der Waals surface area contributed by atoms with Crippen molar-refractivity contribution < 1.29 is 0 Å². The highest BCUT2D eigenvalue weighted by molar-refractivity contribution is 5.36. The number of benzene rings is 1. The molecule has 1 atom stereocenters. The lowest BCUT2D eigenvalue weighted by Crippen LogP contribution is -2.37. The first-order valence-corrected chi connectivity index (χ1v) is 5.42. The van der Waals surface area contributed by atoms with Crippen LogP contribution in [-0.4, -0.2) is 12.0 Å². The normalized spacial score (nSPS) is 14.4. The Kier molecular flexibility index (Phi) is 3.02. The maximum absolute atomic E-state index is 4.06. The van der Waals surface area contributed by atoms with Gasteiger partial charge in [-0.15, -0.1) is 0 Å². The van der Waals surface area contributed by atoms with Crippen molar-refractivity contribution in [1.29, 1.82) is 0 Å². The molecule has 0 fully saturated rings. The highest BCUT2D eigenvalue weighted by Gasteiger charge is 2.26. The van der Waals surface area contributed by atoms with Gasteiger partial charge in [-0.25, -0.2) is 0 Å². The van der Waals surface area contributed by atoms with Crippen molar-refractivity contribution in [2.75, 3.05) is 7.05 Å². The van der Waals surface area contributed by atoms with Crippen LogP contribution in [-0.2, 0) is 5.54 Å². The molecule has 0 aliphatic carbocycles. The first-order valence-electron chi connectivity index (χ1n) is 5.42. The molecule has 0 spiro atoms. The van der Waals surface area contributed by atoms with Crippen LogP contribution in [0.3, 0.4) is 0 Å². The second-order valence-corrected chi connectivity index (χ2v) is 3.98. The minimum Gasteiger partial charge on any atom is -0.307 e. The van der Waals surface area contributed by atoms with Gasteiger partial charge >= 0.3 is 0 Å². The highest BCUT2D eigenvalue weighted by Crippen LogP contribution is 2.27. The number of pyridine rings is 1. The van der Waals surface area contributed by atoms with Crippen LogP contribution in [0.25, 0.3) is 0 Å². The van der Waals surface area contributed by atoms with E-state index in [1.165, 1.54) is 11.1 Å². The predicted octanol–water partition coefficient (Wildman–Crippen LogP) is 2.56. The van der Waals surface area contributed by atoms with Gasteiger partial charge < -0.3 is 5.32 Å². The van der Waals surface area contributed by atoms with Gasteiger partial charge in [0.15, 0.2) is 0 Å². The van der Waals surface area contributed by atoms with E-state index in [1.54, 1.807) is 0 Å². The molecule has 0 radical (unpaired) electrons. The molecule has 0 saturated carbocycles. The molecule has 16 heavy (non-hydrogen) atoms. The van der Waals surface area contributed by atoms with E-state index >= 15 is 0 Å². The van der Waals surface area contributed by atoms with Crippen LogP contribution in [0.4, 0.5) is 0 Å². The molecule has 0 bridgehead atoms. The van der Waals surface area contributed by atoms with Crippen LogP contribution in [0, 0.1) is 0 Å². The fourth-order valence-corrected chi connectivity index (χ4v) is 1.91. The second-order valence-electron chi connectivity index (χ2n) is 3.98. The molecule has 1 aromatic carbocycles. The van der Waals surface area contributed by atoms with Crippen molar-refractivity contribution in [1.82, 2.24) is 10.3 Å². The summed E-state index contributed by atoms with van der Waals surface area (Å²) in [6.45, 7) is 2.18. The topological polar surface area (TPSA) is 24.9 Å². The molecule has 0 unspecified atom stereocenters. The van der Waals surface area contributed by atoms with Crippen molar-refractivity contribution >= 4 is 0 Å². The molecule has 82 valence electrons. The Morgan fingerprint density at radius 3 is 2.06 bits per heavy atom. The third kappa shape index (κ3) is 1.84. The van der Waals surface area contributed by atoms with Gasteiger partial charge in [-0.3, -0.25) is 4.98 Å². The minimum absolute atomic E-state index is 0.163. The van der Waals surface area contributed by atoms with Crippen LogP contribution in [0.15, 0.2) is 54.9 Å². The number of aromatic nitrogens is 1. The van der Waals surface area contributed by atoms with Crippen LogP contribution in [0.2, 0.25) is 0 Å². The smallest absolute Gasteiger partial charge is 0.0660 e. The summed E-state index contributed by atoms with van der Waals surface area (Å²) in [5, 5.41) is 3.38. The van der Waals surface area contributed by atoms with Crippen LogP contribution in [0.1, 0.15) is 18.1 Å². The van der Waals surface area contributed by atoms with Gasteiger partial charge in [-0.1, -0.05) is 30.3 Å². The van der Waals surface area contributed by atoms with Gasteiger partial charge in [0.25, 0.3) is 0 Å². The Morgan fingerprint density at radius 2 is 1.50 bits per heavy atom. The predicted molar refractivity (Wildman–Crippen MR) is 66.2 cm³/mol. The molecule has 0 amide bonds. The molecular formula is C14H16N2. The van der Waals surface area contributed by atoms with E-state index in [0.717, 1.165) is 0 Å². The van der Waals surface area contributed by atoms with E-state index in [4.69, 9.17) is 0 Å². The van der Waals surface area contributed by atoms with Gasteiger partial charge in [0, 0.05) is 12.4 Å². The molecule has 0 aliphatic heterocycles. The Balaban J connectivity index is 2.49. The second kappa shape index (κ2) is 4.45. The average Bonchev–Trinajstić information content (AvgIpc) is 2.40. The Hall–Kier alpha value is -1.67. The molecule has 2 heteroatoms. The molecule has 2 aromatic rings. The monoisotopic (exact) mass is 212 g/mol. The molecule has 1 heterocycles. The lowest BCUT2D eigenvalue weighted by Gasteiger charge is -2.30. The van der Waals surface area contributed by atoms with E-state index in [1.807, 2.05) is 37.6 Å². The summed E-state index contributed by atoms with van der Waals surface area (Å²) in [6.07, 6.45) is 3.65. The average molecular weight is 212 g/mol. The van der Waals surface area contributed by atoms with Crippen LogP contribution >= 0.6 is 0 Å². The van der Waals surface area contributed by atoms with E-state index in [-0.39, 0.29) is 5.54 Å². The largest absolute Gasteiger partial charge is 0.307 e. The van der Waals surface area contributed by atoms with Crippen molar-refractivity contribution in [2.24, 2.45) is 0 Å². The third-order valence-corrected chi connectivity index (χ3v) is 3.11. The quantitative estimate of drug-likeness (QED) is 0.845. The van der Waals surface area contributed by atoms with Gasteiger partial charge in [0.1, 0.15) is 0 Å².